The summed E-state index contributed by atoms with van der Waals surface area (Å²) in [6, 6.07) is 0. The van der Waals surface area contributed by atoms with Gasteiger partial charge >= 0.3 is 0 Å². The van der Waals surface area contributed by atoms with E-state index in [0.717, 1.165) is 0 Å². The number of rotatable bonds is 8. The van der Waals surface area contributed by atoms with Gasteiger partial charge in [-0.05, 0) is 0 Å². The molecule has 0 aromatic rings. The number of ether oxygens (including phenoxy) is 2. The molecule has 83 valence electrons. The molecule has 0 atom stereocenters. The smallest absolute Gasteiger partial charge is 0.113 e. The van der Waals surface area contributed by atoms with Gasteiger partial charge in [0, 0.05) is 25.1 Å². The van der Waals surface area contributed by atoms with Crippen molar-refractivity contribution < 1.29 is 37.2 Å². The zero-order valence-corrected chi connectivity index (χ0v) is 9.40. The molecule has 0 aromatic carbocycles. The molecule has 0 fully saturated rings. The maximum Gasteiger partial charge on any atom is 0.113 e. The Bertz CT molecular complexity index is 138. The van der Waals surface area contributed by atoms with Gasteiger partial charge in [-0.15, -0.1) is 0 Å². The Labute approximate surface area is 95.4 Å². The number of amides is 1. The van der Waals surface area contributed by atoms with E-state index >= 15 is 0 Å². The van der Waals surface area contributed by atoms with Crippen molar-refractivity contribution in [1.82, 2.24) is 5.32 Å². The first-order valence-electron chi connectivity index (χ1n) is 4.08. The number of halogens is 1. The summed E-state index contributed by atoms with van der Waals surface area (Å²) in [7, 11) is 0. The molecule has 0 aromatic heterocycles. The zero-order chi connectivity index (χ0) is 9.94. The number of hydrogen-bond acceptors (Lipinski definition) is 3. The Morgan fingerprint density at radius 2 is 1.79 bits per heavy atom. The molecule has 14 heavy (non-hydrogen) atoms. The molecule has 0 aliphatic heterocycles. The van der Waals surface area contributed by atoms with Crippen molar-refractivity contribution in [2.45, 2.75) is 0 Å². The maximum absolute atomic E-state index is 11.5. The topological polar surface area (TPSA) is 47.6 Å². The first kappa shape index (κ1) is 16.2. The summed E-state index contributed by atoms with van der Waals surface area (Å²) in [4.78, 5) is 10.3. The number of carbonyl (C=O) groups excluding carboxylic acids is 1. The summed E-state index contributed by atoms with van der Waals surface area (Å²) >= 11 is 0. The van der Waals surface area contributed by atoms with Gasteiger partial charge in [-0.2, -0.15) is 0 Å². The Hall–Kier alpha value is -0.226. The van der Waals surface area contributed by atoms with Crippen LogP contribution in [0.3, 0.4) is 0 Å². The fourth-order valence-electron chi connectivity index (χ4n) is 0.639. The monoisotopic (exact) mass is 242 g/mol. The Balaban J connectivity index is 0. The van der Waals surface area contributed by atoms with Crippen molar-refractivity contribution in [3.63, 3.8) is 0 Å². The van der Waals surface area contributed by atoms with E-state index in [1.165, 1.54) is 0 Å². The summed E-state index contributed by atoms with van der Waals surface area (Å²) in [6.07, 6.45) is 0. The third kappa shape index (κ3) is 14.3. The molecular weight excluding hydrogens is 227 g/mol. The molecule has 1 amide bonds. The molecule has 6 heteroatoms. The van der Waals surface area contributed by atoms with Gasteiger partial charge in [0.1, 0.15) is 6.67 Å². The minimum atomic E-state index is -0.475. The predicted molar refractivity (Wildman–Crippen MR) is 46.0 cm³/mol. The van der Waals surface area contributed by atoms with Gasteiger partial charge in [0.05, 0.1) is 32.3 Å². The molecule has 1 N–H and O–H groups in total. The zero-order valence-electron chi connectivity index (χ0n) is 8.00. The first-order valence-corrected chi connectivity index (χ1v) is 4.08. The third-order valence-electron chi connectivity index (χ3n) is 1.16. The normalized spacial score (nSPS) is 9.21. The fraction of sp³-hybridized carbons (Fsp3) is 0.750. The summed E-state index contributed by atoms with van der Waals surface area (Å²) in [5, 5.41) is 2.47. The number of alkyl halides is 1. The second kappa shape index (κ2) is 12.8. The van der Waals surface area contributed by atoms with E-state index in [2.05, 4.69) is 12.2 Å². The molecule has 0 aliphatic rings. The molecule has 0 saturated heterocycles. The van der Waals surface area contributed by atoms with E-state index in [0.29, 0.717) is 26.4 Å². The molecule has 0 unspecified atom stereocenters. The van der Waals surface area contributed by atoms with Crippen LogP contribution in [0.1, 0.15) is 0 Å². The van der Waals surface area contributed by atoms with Gasteiger partial charge in [0.25, 0.3) is 0 Å². The standard InChI is InChI=1S/C8H15FNO3.V/c1-8(11)10-3-5-13-7-6-12-4-2-9;/h1-7H2,(H,10,11);/q-1;/i9-1;. The van der Waals surface area contributed by atoms with Crippen molar-refractivity contribution >= 4 is 5.91 Å². The van der Waals surface area contributed by atoms with Gasteiger partial charge in [-0.1, -0.05) is 0 Å². The molecule has 1 radical (unpaired) electrons. The average molecular weight is 242 g/mol. The van der Waals surface area contributed by atoms with Gasteiger partial charge < -0.3 is 26.5 Å². The quantitative estimate of drug-likeness (QED) is 0.479. The molecule has 0 heterocycles. The number of carbonyl (C=O) groups is 1. The number of hydrogen-bond donors (Lipinski definition) is 1. The molecular formula is C8H15FNO3V-. The minimum Gasteiger partial charge on any atom is -0.379 e. The summed E-state index contributed by atoms with van der Waals surface area (Å²) in [6.45, 7) is 4.40. The van der Waals surface area contributed by atoms with Crippen LogP contribution in [-0.4, -0.2) is 45.6 Å². The van der Waals surface area contributed by atoms with Gasteiger partial charge in [0.2, 0.25) is 0 Å². The summed E-state index contributed by atoms with van der Waals surface area (Å²) < 4.78 is 21.3. The first-order chi connectivity index (χ1) is 6.27. The largest absolute Gasteiger partial charge is 0.379 e. The van der Waals surface area contributed by atoms with Crippen LogP contribution in [0, 0.1) is 6.92 Å². The Kier molecular flexibility index (Phi) is 14.8. The van der Waals surface area contributed by atoms with Crippen LogP contribution in [0.15, 0.2) is 0 Å². The van der Waals surface area contributed by atoms with Crippen molar-refractivity contribution in [3.05, 3.63) is 6.92 Å². The van der Waals surface area contributed by atoms with E-state index in [9.17, 15) is 9.18 Å². The number of nitrogens with one attached hydrogen (secondary N) is 1. The second-order valence-corrected chi connectivity index (χ2v) is 2.26. The maximum atomic E-state index is 11.5. The molecule has 0 rings (SSSR count). The van der Waals surface area contributed by atoms with E-state index in [1.54, 1.807) is 0 Å². The average Bonchev–Trinajstić information content (AvgIpc) is 2.09. The van der Waals surface area contributed by atoms with Crippen LogP contribution < -0.4 is 5.32 Å². The predicted octanol–water partition coefficient (Wildman–Crippen LogP) is -0.0631. The van der Waals surface area contributed by atoms with Crippen molar-refractivity contribution in [2.75, 3.05) is 39.6 Å². The third-order valence-corrected chi connectivity index (χ3v) is 1.16. The van der Waals surface area contributed by atoms with Crippen molar-refractivity contribution in [1.29, 1.82) is 0 Å². The van der Waals surface area contributed by atoms with Crippen LogP contribution in [0.25, 0.3) is 0 Å². The van der Waals surface area contributed by atoms with Crippen LogP contribution >= 0.6 is 0 Å². The Morgan fingerprint density at radius 1 is 1.21 bits per heavy atom. The molecule has 0 bridgehead atoms. The van der Waals surface area contributed by atoms with Gasteiger partial charge in [0.15, 0.2) is 0 Å². The minimum absolute atomic E-state index is 0. The summed E-state index contributed by atoms with van der Waals surface area (Å²) in [5.41, 5.74) is 0. The van der Waals surface area contributed by atoms with Gasteiger partial charge in [-0.25, -0.2) is 4.39 Å². The summed E-state index contributed by atoms with van der Waals surface area (Å²) in [5.74, 6) is -0.322. The van der Waals surface area contributed by atoms with Crippen molar-refractivity contribution in [2.24, 2.45) is 0 Å². The molecule has 0 aliphatic carbocycles. The van der Waals surface area contributed by atoms with Gasteiger partial charge in [-0.3, -0.25) is 0 Å². The van der Waals surface area contributed by atoms with E-state index < -0.39 is 6.67 Å². The second-order valence-electron chi connectivity index (χ2n) is 2.26. The van der Waals surface area contributed by atoms with E-state index in [1.807, 2.05) is 0 Å². The van der Waals surface area contributed by atoms with E-state index in [-0.39, 0.29) is 31.1 Å². The fourth-order valence-corrected chi connectivity index (χ4v) is 0.639. The van der Waals surface area contributed by atoms with Crippen LogP contribution in [0.4, 0.5) is 4.39 Å². The molecule has 4 nitrogen and oxygen atoms in total. The molecule has 0 saturated carbocycles. The van der Waals surface area contributed by atoms with E-state index in [4.69, 9.17) is 9.47 Å². The van der Waals surface area contributed by atoms with Crippen molar-refractivity contribution in [3.8, 4) is 0 Å². The molecule has 0 spiro atoms. The SMILES string of the molecule is [CH2-]C(=O)NCCOCCOCC[18F].[V]. The Morgan fingerprint density at radius 3 is 2.29 bits per heavy atom. The van der Waals surface area contributed by atoms with Crippen LogP contribution in [-0.2, 0) is 32.8 Å². The van der Waals surface area contributed by atoms with Crippen LogP contribution in [0.2, 0.25) is 0 Å². The van der Waals surface area contributed by atoms with Crippen LogP contribution in [0.5, 0.6) is 0 Å².